The number of benzene rings is 3. The Balaban J connectivity index is 1.63. The van der Waals surface area contributed by atoms with Gasteiger partial charge < -0.3 is 4.74 Å². The zero-order valence-corrected chi connectivity index (χ0v) is 19.4. The van der Waals surface area contributed by atoms with Crippen molar-refractivity contribution in [1.29, 1.82) is 0 Å². The fraction of sp³-hybridized carbons (Fsp3) is 0.160. The molecule has 176 valence electrons. The van der Waals surface area contributed by atoms with Crippen LogP contribution in [0.1, 0.15) is 40.0 Å². The lowest BCUT2D eigenvalue weighted by molar-refractivity contribution is -0.384. The van der Waals surface area contributed by atoms with Gasteiger partial charge in [0.2, 0.25) is 5.95 Å². The first kappa shape index (κ1) is 22.5. The summed E-state index contributed by atoms with van der Waals surface area (Å²) in [5.74, 6) is 0.644. The van der Waals surface area contributed by atoms with Crippen molar-refractivity contribution in [3.05, 3.63) is 111 Å². The van der Waals surface area contributed by atoms with Gasteiger partial charge in [-0.25, -0.2) is 4.68 Å². The Morgan fingerprint density at radius 3 is 2.43 bits per heavy atom. The molecule has 0 spiro atoms. The number of rotatable bonds is 5. The van der Waals surface area contributed by atoms with Crippen molar-refractivity contribution in [2.45, 2.75) is 18.5 Å². The van der Waals surface area contributed by atoms with Gasteiger partial charge in [-0.05, 0) is 47.9 Å². The first-order valence-corrected chi connectivity index (χ1v) is 11.2. The average molecular weight is 490 g/mol. The Hall–Kier alpha value is -4.24. The third kappa shape index (κ3) is 4.22. The number of nitro benzene ring substituents is 1. The zero-order chi connectivity index (χ0) is 24.5. The van der Waals surface area contributed by atoms with Crippen LogP contribution in [0.3, 0.4) is 0 Å². The van der Waals surface area contributed by atoms with Gasteiger partial charge in [0.15, 0.2) is 0 Å². The quantitative estimate of drug-likeness (QED) is 0.281. The van der Waals surface area contributed by atoms with Gasteiger partial charge in [-0.15, -0.1) is 0 Å². The molecule has 10 heteroatoms. The van der Waals surface area contributed by atoms with Crippen molar-refractivity contribution < 1.29 is 14.5 Å². The third-order valence-corrected chi connectivity index (χ3v) is 6.35. The number of methoxy groups -OCH3 is 1. The van der Waals surface area contributed by atoms with E-state index in [-0.39, 0.29) is 17.3 Å². The van der Waals surface area contributed by atoms with E-state index in [1.54, 1.807) is 22.8 Å². The summed E-state index contributed by atoms with van der Waals surface area (Å²) < 4.78 is 7.00. The lowest BCUT2D eigenvalue weighted by Crippen LogP contribution is -2.42. The minimum Gasteiger partial charge on any atom is -0.497 e. The van der Waals surface area contributed by atoms with Gasteiger partial charge in [0.25, 0.3) is 11.6 Å². The molecular formula is C25H20ClN5O4. The topological polar surface area (TPSA) is 103 Å². The number of carbonyl (C=O) groups is 1. The van der Waals surface area contributed by atoms with Gasteiger partial charge in [-0.1, -0.05) is 41.9 Å². The molecule has 9 nitrogen and oxygen atoms in total. The van der Waals surface area contributed by atoms with E-state index in [4.69, 9.17) is 16.3 Å². The van der Waals surface area contributed by atoms with Crippen LogP contribution in [0.25, 0.3) is 0 Å². The number of hydrogen-bond donors (Lipinski definition) is 0. The molecule has 2 atom stereocenters. The standard InChI is InChI=1S/C25H20ClN5O4/c1-35-21-11-7-16(8-12-21)22-14-23(17-5-9-19(26)10-6-17)30-25(27-15-28-30)29(22)24(32)18-3-2-4-20(13-18)31(33)34/h2-13,15,22-23H,14H2,1H3/t22-,23+/m1/s1. The van der Waals surface area contributed by atoms with Gasteiger partial charge in [0.1, 0.15) is 12.1 Å². The van der Waals surface area contributed by atoms with Crippen molar-refractivity contribution >= 4 is 29.1 Å². The molecule has 35 heavy (non-hydrogen) atoms. The maximum Gasteiger partial charge on any atom is 0.270 e. The number of ether oxygens (including phenoxy) is 1. The molecule has 1 amide bonds. The van der Waals surface area contributed by atoms with Crippen LogP contribution in [-0.4, -0.2) is 32.7 Å². The van der Waals surface area contributed by atoms with Crippen molar-refractivity contribution in [3.63, 3.8) is 0 Å². The van der Waals surface area contributed by atoms with Crippen molar-refractivity contribution in [2.24, 2.45) is 0 Å². The average Bonchev–Trinajstić information content (AvgIpc) is 3.38. The van der Waals surface area contributed by atoms with E-state index < -0.39 is 16.9 Å². The highest BCUT2D eigenvalue weighted by molar-refractivity contribution is 6.30. The van der Waals surface area contributed by atoms with Gasteiger partial charge in [-0.3, -0.25) is 19.8 Å². The number of hydrogen-bond acceptors (Lipinski definition) is 6. The van der Waals surface area contributed by atoms with Crippen LogP contribution in [0.4, 0.5) is 11.6 Å². The summed E-state index contributed by atoms with van der Waals surface area (Å²) in [7, 11) is 1.59. The Morgan fingerprint density at radius 2 is 1.74 bits per heavy atom. The summed E-state index contributed by atoms with van der Waals surface area (Å²) in [6, 6.07) is 20.1. The zero-order valence-electron chi connectivity index (χ0n) is 18.6. The molecule has 0 bridgehead atoms. The van der Waals surface area contributed by atoms with Crippen LogP contribution < -0.4 is 9.64 Å². The molecule has 0 N–H and O–H groups in total. The number of halogens is 1. The first-order valence-electron chi connectivity index (χ1n) is 10.8. The molecule has 0 unspecified atom stereocenters. The number of aromatic nitrogens is 3. The number of anilines is 1. The van der Waals surface area contributed by atoms with Crippen LogP contribution >= 0.6 is 11.6 Å². The number of nitro groups is 1. The fourth-order valence-corrected chi connectivity index (χ4v) is 4.52. The van der Waals surface area contributed by atoms with E-state index in [2.05, 4.69) is 10.1 Å². The molecular weight excluding hydrogens is 470 g/mol. The second kappa shape index (κ2) is 9.19. The Labute approximate surface area is 205 Å². The van der Waals surface area contributed by atoms with E-state index in [0.29, 0.717) is 23.1 Å². The number of amides is 1. The maximum absolute atomic E-state index is 13.8. The monoisotopic (exact) mass is 489 g/mol. The highest BCUT2D eigenvalue weighted by Crippen LogP contribution is 2.43. The Bertz CT molecular complexity index is 1390. The molecule has 0 aliphatic carbocycles. The molecule has 4 aromatic rings. The molecule has 0 saturated heterocycles. The van der Waals surface area contributed by atoms with Gasteiger partial charge in [0, 0.05) is 22.7 Å². The molecule has 3 aromatic carbocycles. The van der Waals surface area contributed by atoms with E-state index in [9.17, 15) is 14.9 Å². The van der Waals surface area contributed by atoms with Crippen LogP contribution in [0.5, 0.6) is 5.75 Å². The van der Waals surface area contributed by atoms with Gasteiger partial charge in [-0.2, -0.15) is 10.1 Å². The van der Waals surface area contributed by atoms with Crippen molar-refractivity contribution in [3.8, 4) is 5.75 Å². The summed E-state index contributed by atoms with van der Waals surface area (Å²) in [6.45, 7) is 0. The maximum atomic E-state index is 13.8. The largest absolute Gasteiger partial charge is 0.497 e. The highest BCUT2D eigenvalue weighted by Gasteiger charge is 2.40. The molecule has 0 fully saturated rings. The summed E-state index contributed by atoms with van der Waals surface area (Å²) in [4.78, 5) is 30.6. The van der Waals surface area contributed by atoms with Gasteiger partial charge >= 0.3 is 0 Å². The second-order valence-corrected chi connectivity index (χ2v) is 8.52. The van der Waals surface area contributed by atoms with Gasteiger partial charge in [0.05, 0.1) is 24.1 Å². The predicted octanol–water partition coefficient (Wildman–Crippen LogP) is 5.23. The second-order valence-electron chi connectivity index (χ2n) is 8.08. The Kier molecular flexibility index (Phi) is 5.92. The number of non-ortho nitro benzene ring substituents is 1. The summed E-state index contributed by atoms with van der Waals surface area (Å²) >= 11 is 6.10. The molecule has 1 aromatic heterocycles. The minimum absolute atomic E-state index is 0.158. The predicted molar refractivity (Wildman–Crippen MR) is 130 cm³/mol. The third-order valence-electron chi connectivity index (χ3n) is 6.10. The normalized spacial score (nSPS) is 17.0. The van der Waals surface area contributed by atoms with E-state index in [1.165, 1.54) is 24.5 Å². The smallest absolute Gasteiger partial charge is 0.270 e. The lowest BCUT2D eigenvalue weighted by Gasteiger charge is -2.39. The molecule has 0 saturated carbocycles. The van der Waals surface area contributed by atoms with Crippen LogP contribution in [0, 0.1) is 10.1 Å². The van der Waals surface area contributed by atoms with Crippen LogP contribution in [0.15, 0.2) is 79.1 Å². The molecule has 1 aliphatic heterocycles. The first-order chi connectivity index (χ1) is 17.0. The number of nitrogens with zero attached hydrogens (tertiary/aromatic N) is 5. The fourth-order valence-electron chi connectivity index (χ4n) is 4.39. The van der Waals surface area contributed by atoms with Crippen LogP contribution in [-0.2, 0) is 0 Å². The highest BCUT2D eigenvalue weighted by atomic mass is 35.5. The van der Waals surface area contributed by atoms with Crippen molar-refractivity contribution in [1.82, 2.24) is 14.8 Å². The summed E-state index contributed by atoms with van der Waals surface area (Å²) in [5, 5.41) is 16.3. The van der Waals surface area contributed by atoms with E-state index in [1.807, 2.05) is 48.5 Å². The number of carbonyl (C=O) groups excluding carboxylic acids is 1. The molecule has 1 aliphatic rings. The lowest BCUT2D eigenvalue weighted by atomic mass is 9.91. The molecule has 5 rings (SSSR count). The summed E-state index contributed by atoms with van der Waals surface area (Å²) in [5.41, 5.74) is 1.88. The number of fused-ring (bicyclic) bond motifs is 1. The minimum atomic E-state index is -0.521. The van der Waals surface area contributed by atoms with Crippen LogP contribution in [0.2, 0.25) is 5.02 Å². The van der Waals surface area contributed by atoms with Crippen molar-refractivity contribution in [2.75, 3.05) is 12.0 Å². The molecule has 2 heterocycles. The summed E-state index contributed by atoms with van der Waals surface area (Å²) in [6.07, 6.45) is 1.91. The SMILES string of the molecule is COc1ccc([C@H]2C[C@@H](c3ccc(Cl)cc3)n3ncnc3N2C(=O)c2cccc([N+](=O)[O-])c2)cc1. The van der Waals surface area contributed by atoms with E-state index in [0.717, 1.165) is 11.1 Å². The Morgan fingerprint density at radius 1 is 1.06 bits per heavy atom. The molecule has 0 radical (unpaired) electrons. The van der Waals surface area contributed by atoms with E-state index >= 15 is 0 Å².